The van der Waals surface area contributed by atoms with Crippen molar-refractivity contribution in [2.75, 3.05) is 0 Å². The molecule has 0 amide bonds. The van der Waals surface area contributed by atoms with Crippen LogP contribution in [0.2, 0.25) is 0 Å². The van der Waals surface area contributed by atoms with E-state index in [-0.39, 0.29) is 59.4 Å². The molecule has 5 nitrogen and oxygen atoms in total. The summed E-state index contributed by atoms with van der Waals surface area (Å²) >= 11 is -2.73. The van der Waals surface area contributed by atoms with E-state index in [9.17, 15) is 18.4 Å². The van der Waals surface area contributed by atoms with E-state index in [4.69, 9.17) is 0 Å². The molecule has 1 atom stereocenters. The van der Waals surface area contributed by atoms with Gasteiger partial charge in [0, 0.05) is 22.3 Å². The molecule has 1 aliphatic rings. The number of carbonyl (C=O) groups excluding carboxylic acids is 2. The smallest absolute Gasteiger partial charge is 1.00 e. The van der Waals surface area contributed by atoms with Gasteiger partial charge in [0.25, 0.3) is 0 Å². The van der Waals surface area contributed by atoms with Crippen LogP contribution >= 0.6 is 0 Å². The molecule has 2 aromatic carbocycles. The minimum Gasteiger partial charge on any atom is -1.00 e. The van der Waals surface area contributed by atoms with Gasteiger partial charge in [-0.15, -0.1) is 0 Å². The maximum absolute atomic E-state index is 12.3. The third kappa shape index (κ3) is 2.86. The summed E-state index contributed by atoms with van der Waals surface area (Å²) in [6, 6.07) is 10.5. The first kappa shape index (κ1) is 16.1. The predicted octanol–water partition coefficient (Wildman–Crippen LogP) is -1.25. The second-order valence-electron chi connectivity index (χ2n) is 4.20. The van der Waals surface area contributed by atoms with Crippen molar-refractivity contribution in [1.29, 1.82) is 0 Å². The van der Waals surface area contributed by atoms with E-state index in [2.05, 4.69) is 4.18 Å². The molecule has 0 radical (unpaired) electrons. The number of rotatable bonds is 2. The topological polar surface area (TPSA) is 83.5 Å². The molecule has 0 saturated carbocycles. The molecule has 102 valence electrons. The normalized spacial score (nSPS) is 13.8. The Hall–Kier alpha value is -1.31. The molecule has 1 aliphatic carbocycles. The largest absolute Gasteiger partial charge is 1.00 e. The number of benzene rings is 2. The number of hydrogen-bond donors (Lipinski definition) is 0. The number of carbonyl (C=O) groups is 2. The van der Waals surface area contributed by atoms with Gasteiger partial charge in [-0.05, 0) is 18.2 Å². The van der Waals surface area contributed by atoms with Crippen molar-refractivity contribution in [3.8, 4) is 5.75 Å². The van der Waals surface area contributed by atoms with Crippen LogP contribution in [0.3, 0.4) is 0 Å². The van der Waals surface area contributed by atoms with Crippen LogP contribution in [0.25, 0.3) is 0 Å². The van der Waals surface area contributed by atoms with E-state index in [0.717, 1.165) is 0 Å². The van der Waals surface area contributed by atoms with Gasteiger partial charge in [0.05, 0.1) is 0 Å². The van der Waals surface area contributed by atoms with Crippen LogP contribution < -0.4 is 33.7 Å². The summed E-state index contributed by atoms with van der Waals surface area (Å²) in [6.45, 7) is 0. The van der Waals surface area contributed by atoms with Gasteiger partial charge in [0.15, 0.2) is 11.6 Å². The fourth-order valence-electron chi connectivity index (χ4n) is 2.21. The van der Waals surface area contributed by atoms with Gasteiger partial charge in [-0.3, -0.25) is 9.59 Å². The molecular formula is C14H8NaO5S-. The Bertz CT molecular complexity index is 778. The van der Waals surface area contributed by atoms with E-state index >= 15 is 0 Å². The van der Waals surface area contributed by atoms with Crippen LogP contribution in [0.15, 0.2) is 42.5 Å². The molecule has 0 bridgehead atoms. The Morgan fingerprint density at radius 3 is 2.00 bits per heavy atom. The Morgan fingerprint density at radius 1 is 0.905 bits per heavy atom. The van der Waals surface area contributed by atoms with Crippen LogP contribution in [-0.2, 0) is 11.4 Å². The SMILES string of the molecule is O=C1c2ccccc2C(=O)c2cc(OS(=O)[O-])ccc21.[H-].[Na+]. The third-order valence-electron chi connectivity index (χ3n) is 3.06. The number of ketones is 2. The van der Waals surface area contributed by atoms with Gasteiger partial charge >= 0.3 is 29.6 Å². The summed E-state index contributed by atoms with van der Waals surface area (Å²) in [5.74, 6) is -0.583. The molecular weight excluding hydrogens is 303 g/mol. The summed E-state index contributed by atoms with van der Waals surface area (Å²) in [5, 5.41) is 0. The van der Waals surface area contributed by atoms with Gasteiger partial charge < -0.3 is 10.2 Å². The minimum atomic E-state index is -2.73. The van der Waals surface area contributed by atoms with Crippen molar-refractivity contribution in [2.45, 2.75) is 0 Å². The molecule has 0 N–H and O–H groups in total. The van der Waals surface area contributed by atoms with E-state index in [0.29, 0.717) is 11.1 Å². The molecule has 0 spiro atoms. The van der Waals surface area contributed by atoms with Crippen LogP contribution in [0.1, 0.15) is 33.3 Å². The summed E-state index contributed by atoms with van der Waals surface area (Å²) in [4.78, 5) is 24.6. The number of hydrogen-bond acceptors (Lipinski definition) is 5. The Labute approximate surface area is 146 Å². The standard InChI is InChI=1S/C14H8O5S.Na.H/c15-13-9-3-1-2-4-10(9)14(16)12-7-8(19-20(17)18)5-6-11(12)13;;/h1-7H,(H,17,18);;/q;+1;-1/p-1. The fourth-order valence-corrected chi connectivity index (χ4v) is 2.47. The zero-order valence-corrected chi connectivity index (χ0v) is 13.8. The summed E-state index contributed by atoms with van der Waals surface area (Å²) < 4.78 is 25.5. The van der Waals surface area contributed by atoms with Crippen LogP contribution in [0, 0.1) is 0 Å². The van der Waals surface area contributed by atoms with Gasteiger partial charge in [0.2, 0.25) is 0 Å². The molecule has 0 fully saturated rings. The van der Waals surface area contributed by atoms with Crippen LogP contribution in [0.4, 0.5) is 0 Å². The molecule has 0 heterocycles. The van der Waals surface area contributed by atoms with Gasteiger partial charge in [-0.25, -0.2) is 4.21 Å². The van der Waals surface area contributed by atoms with E-state index < -0.39 is 11.4 Å². The summed E-state index contributed by atoms with van der Waals surface area (Å²) in [5.41, 5.74) is 1.06. The molecule has 21 heavy (non-hydrogen) atoms. The quantitative estimate of drug-likeness (QED) is 0.436. The molecule has 2 aromatic rings. The summed E-state index contributed by atoms with van der Waals surface area (Å²) in [7, 11) is 0. The van der Waals surface area contributed by atoms with Crippen molar-refractivity contribution < 1.29 is 53.5 Å². The first-order valence-corrected chi connectivity index (χ1v) is 6.68. The average Bonchev–Trinajstić information content (AvgIpc) is 2.44. The Balaban J connectivity index is 0.00000121. The third-order valence-corrected chi connectivity index (χ3v) is 3.39. The predicted molar refractivity (Wildman–Crippen MR) is 70.4 cm³/mol. The van der Waals surface area contributed by atoms with Crippen molar-refractivity contribution in [3.05, 3.63) is 64.7 Å². The van der Waals surface area contributed by atoms with Crippen LogP contribution in [-0.4, -0.2) is 20.3 Å². The van der Waals surface area contributed by atoms with E-state index in [1.165, 1.54) is 18.2 Å². The monoisotopic (exact) mass is 311 g/mol. The van der Waals surface area contributed by atoms with Gasteiger partial charge in [0.1, 0.15) is 17.1 Å². The summed E-state index contributed by atoms with van der Waals surface area (Å²) in [6.07, 6.45) is 0. The second-order valence-corrected chi connectivity index (χ2v) is 4.77. The molecule has 0 aliphatic heterocycles. The van der Waals surface area contributed by atoms with E-state index in [1.54, 1.807) is 24.3 Å². The Kier molecular flexibility index (Phi) is 4.75. The Morgan fingerprint density at radius 2 is 1.43 bits per heavy atom. The molecule has 1 unspecified atom stereocenters. The second kappa shape index (κ2) is 6.21. The maximum atomic E-state index is 12.3. The van der Waals surface area contributed by atoms with Crippen molar-refractivity contribution in [2.24, 2.45) is 0 Å². The molecule has 7 heteroatoms. The molecule has 3 rings (SSSR count). The van der Waals surface area contributed by atoms with Crippen molar-refractivity contribution >= 4 is 22.9 Å². The zero-order valence-electron chi connectivity index (χ0n) is 12.0. The van der Waals surface area contributed by atoms with Crippen molar-refractivity contribution in [1.82, 2.24) is 0 Å². The number of fused-ring (bicyclic) bond motifs is 2. The van der Waals surface area contributed by atoms with E-state index in [1.807, 2.05) is 0 Å². The molecule has 0 aromatic heterocycles. The first-order chi connectivity index (χ1) is 9.58. The van der Waals surface area contributed by atoms with Crippen molar-refractivity contribution in [3.63, 3.8) is 0 Å². The molecule has 0 saturated heterocycles. The maximum Gasteiger partial charge on any atom is 1.00 e. The minimum absolute atomic E-state index is 0. The van der Waals surface area contributed by atoms with Gasteiger partial charge in [-0.1, -0.05) is 24.3 Å². The zero-order chi connectivity index (χ0) is 14.3. The van der Waals surface area contributed by atoms with Crippen LogP contribution in [0.5, 0.6) is 5.75 Å². The fraction of sp³-hybridized carbons (Fsp3) is 0. The first-order valence-electron chi connectivity index (χ1n) is 5.68. The van der Waals surface area contributed by atoms with Gasteiger partial charge in [-0.2, -0.15) is 0 Å². The average molecular weight is 311 g/mol.